The first-order valence-corrected chi connectivity index (χ1v) is 7.51. The van der Waals surface area contributed by atoms with Gasteiger partial charge in [0.25, 0.3) is 0 Å². The molecule has 0 amide bonds. The molecule has 0 aliphatic carbocycles. The van der Waals surface area contributed by atoms with Crippen molar-refractivity contribution < 1.29 is 0 Å². The highest BCUT2D eigenvalue weighted by Gasteiger charge is 2.20. The minimum atomic E-state index is 0.465. The molecule has 1 unspecified atom stereocenters. The number of rotatable bonds is 6. The molecule has 1 fully saturated rings. The van der Waals surface area contributed by atoms with Crippen molar-refractivity contribution in [3.63, 3.8) is 0 Å². The van der Waals surface area contributed by atoms with Crippen LogP contribution in [0.5, 0.6) is 0 Å². The van der Waals surface area contributed by atoms with E-state index < -0.39 is 0 Å². The first-order valence-electron chi connectivity index (χ1n) is 7.51. The van der Waals surface area contributed by atoms with Gasteiger partial charge in [-0.05, 0) is 39.7 Å². The summed E-state index contributed by atoms with van der Waals surface area (Å²) < 4.78 is 0. The second kappa shape index (κ2) is 6.85. The van der Waals surface area contributed by atoms with Gasteiger partial charge < -0.3 is 10.2 Å². The smallest absolute Gasteiger partial charge is 0.132 e. The van der Waals surface area contributed by atoms with Gasteiger partial charge in [-0.3, -0.25) is 0 Å². The summed E-state index contributed by atoms with van der Waals surface area (Å²) in [5.41, 5.74) is 1.15. The number of aryl methyl sites for hydroxylation is 1. The third kappa shape index (κ3) is 3.90. The summed E-state index contributed by atoms with van der Waals surface area (Å²) in [7, 11) is 0. The number of nitrogens with one attached hydrogen (secondary N) is 1. The molecule has 0 radical (unpaired) electrons. The number of hydrogen-bond donors (Lipinski definition) is 1. The molecule has 0 saturated carbocycles. The lowest BCUT2D eigenvalue weighted by Gasteiger charge is -2.30. The molecule has 106 valence electrons. The van der Waals surface area contributed by atoms with Gasteiger partial charge in [0.15, 0.2) is 0 Å². The summed E-state index contributed by atoms with van der Waals surface area (Å²) in [4.78, 5) is 11.2. The highest BCUT2D eigenvalue weighted by Crippen LogP contribution is 2.18. The maximum atomic E-state index is 4.47. The van der Waals surface area contributed by atoms with Crippen LogP contribution in [0.2, 0.25) is 0 Å². The Morgan fingerprint density at radius 2 is 2.26 bits per heavy atom. The number of anilines is 1. The quantitative estimate of drug-likeness (QED) is 0.854. The lowest BCUT2D eigenvalue weighted by atomic mass is 10.2. The topological polar surface area (TPSA) is 41.0 Å². The van der Waals surface area contributed by atoms with Crippen LogP contribution >= 0.6 is 0 Å². The van der Waals surface area contributed by atoms with Crippen LogP contribution in [0.25, 0.3) is 0 Å². The molecule has 1 aromatic heterocycles. The van der Waals surface area contributed by atoms with E-state index in [9.17, 15) is 0 Å². The third-order valence-corrected chi connectivity index (χ3v) is 3.71. The Kier molecular flexibility index (Phi) is 5.14. The molecular weight excluding hydrogens is 236 g/mol. The molecule has 0 spiro atoms. The lowest BCUT2D eigenvalue weighted by molar-refractivity contribution is 0.548. The van der Waals surface area contributed by atoms with Gasteiger partial charge in [-0.25, -0.2) is 9.97 Å². The van der Waals surface area contributed by atoms with Gasteiger partial charge in [-0.2, -0.15) is 0 Å². The average molecular weight is 262 g/mol. The van der Waals surface area contributed by atoms with E-state index in [1.807, 2.05) is 0 Å². The zero-order chi connectivity index (χ0) is 13.7. The molecule has 0 aromatic carbocycles. The van der Waals surface area contributed by atoms with Crippen molar-refractivity contribution >= 4 is 5.82 Å². The summed E-state index contributed by atoms with van der Waals surface area (Å²) in [6.45, 7) is 8.85. The molecule has 2 heterocycles. The van der Waals surface area contributed by atoms with Crippen LogP contribution in [0, 0.1) is 0 Å². The normalized spacial score (nSPS) is 19.1. The maximum absolute atomic E-state index is 4.47. The average Bonchev–Trinajstić information content (AvgIpc) is 2.89. The fourth-order valence-electron chi connectivity index (χ4n) is 2.65. The Morgan fingerprint density at radius 3 is 2.89 bits per heavy atom. The van der Waals surface area contributed by atoms with E-state index in [0.29, 0.717) is 12.1 Å². The maximum Gasteiger partial charge on any atom is 0.132 e. The zero-order valence-electron chi connectivity index (χ0n) is 12.4. The molecular formula is C15H26N4. The predicted molar refractivity (Wildman–Crippen MR) is 79.5 cm³/mol. The minimum Gasteiger partial charge on any atom is -0.353 e. The molecule has 1 N–H and O–H groups in total. The molecule has 19 heavy (non-hydrogen) atoms. The van der Waals surface area contributed by atoms with Crippen LogP contribution in [0.3, 0.4) is 0 Å². The van der Waals surface area contributed by atoms with E-state index in [0.717, 1.165) is 37.4 Å². The highest BCUT2D eigenvalue weighted by atomic mass is 15.2. The van der Waals surface area contributed by atoms with E-state index in [1.165, 1.54) is 12.8 Å². The van der Waals surface area contributed by atoms with Crippen molar-refractivity contribution in [2.75, 3.05) is 18.0 Å². The van der Waals surface area contributed by atoms with E-state index in [4.69, 9.17) is 0 Å². The van der Waals surface area contributed by atoms with Gasteiger partial charge in [0.2, 0.25) is 0 Å². The molecule has 2 rings (SSSR count). The SMILES string of the molecule is CCCc1cc(N(CC2CCCN2)C(C)C)ncn1. The molecule has 4 nitrogen and oxygen atoms in total. The number of hydrogen-bond acceptors (Lipinski definition) is 4. The summed E-state index contributed by atoms with van der Waals surface area (Å²) in [6, 6.07) is 3.22. The Morgan fingerprint density at radius 1 is 1.42 bits per heavy atom. The van der Waals surface area contributed by atoms with Gasteiger partial charge in [0, 0.05) is 30.4 Å². The van der Waals surface area contributed by atoms with Crippen LogP contribution in [0.1, 0.15) is 45.7 Å². The largest absolute Gasteiger partial charge is 0.353 e. The second-order valence-corrected chi connectivity index (χ2v) is 5.66. The molecule has 1 aromatic rings. The highest BCUT2D eigenvalue weighted by molar-refractivity contribution is 5.40. The van der Waals surface area contributed by atoms with Crippen molar-refractivity contribution in [2.45, 2.75) is 58.5 Å². The van der Waals surface area contributed by atoms with Crippen molar-refractivity contribution in [1.82, 2.24) is 15.3 Å². The van der Waals surface area contributed by atoms with Crippen LogP contribution in [0.15, 0.2) is 12.4 Å². The van der Waals surface area contributed by atoms with Gasteiger partial charge in [0.1, 0.15) is 12.1 Å². The van der Waals surface area contributed by atoms with Gasteiger partial charge in [0.05, 0.1) is 0 Å². The van der Waals surface area contributed by atoms with E-state index in [2.05, 4.69) is 47.0 Å². The first-order chi connectivity index (χ1) is 9.20. The minimum absolute atomic E-state index is 0.465. The summed E-state index contributed by atoms with van der Waals surface area (Å²) >= 11 is 0. The van der Waals surface area contributed by atoms with Crippen LogP contribution in [0.4, 0.5) is 5.82 Å². The van der Waals surface area contributed by atoms with Crippen molar-refractivity contribution in [1.29, 1.82) is 0 Å². The molecule has 4 heteroatoms. The molecule has 1 saturated heterocycles. The number of nitrogens with zero attached hydrogens (tertiary/aromatic N) is 3. The molecule has 1 aliphatic rings. The van der Waals surface area contributed by atoms with E-state index in [-0.39, 0.29) is 0 Å². The third-order valence-electron chi connectivity index (χ3n) is 3.71. The lowest BCUT2D eigenvalue weighted by Crippen LogP contribution is -2.41. The monoisotopic (exact) mass is 262 g/mol. The van der Waals surface area contributed by atoms with Gasteiger partial charge >= 0.3 is 0 Å². The molecule has 1 aliphatic heterocycles. The van der Waals surface area contributed by atoms with Crippen LogP contribution in [-0.4, -0.2) is 35.1 Å². The summed E-state index contributed by atoms with van der Waals surface area (Å²) in [5, 5.41) is 3.57. The Bertz CT molecular complexity index is 385. The predicted octanol–water partition coefficient (Wildman–Crippen LogP) is 2.40. The van der Waals surface area contributed by atoms with Crippen LogP contribution < -0.4 is 10.2 Å². The first kappa shape index (κ1) is 14.3. The van der Waals surface area contributed by atoms with Gasteiger partial charge in [-0.15, -0.1) is 0 Å². The van der Waals surface area contributed by atoms with Gasteiger partial charge in [-0.1, -0.05) is 13.3 Å². The standard InChI is InChI=1S/C15H26N4/c1-4-6-13-9-15(18-11-17-13)19(12(2)3)10-14-7-5-8-16-14/h9,11-12,14,16H,4-8,10H2,1-3H3. The molecule has 0 bridgehead atoms. The zero-order valence-corrected chi connectivity index (χ0v) is 12.4. The summed E-state index contributed by atoms with van der Waals surface area (Å²) in [6.07, 6.45) is 6.43. The van der Waals surface area contributed by atoms with Crippen LogP contribution in [-0.2, 0) is 6.42 Å². The van der Waals surface area contributed by atoms with E-state index >= 15 is 0 Å². The Labute approximate surface area is 116 Å². The Hall–Kier alpha value is -1.16. The van der Waals surface area contributed by atoms with Crippen molar-refractivity contribution in [3.8, 4) is 0 Å². The van der Waals surface area contributed by atoms with E-state index in [1.54, 1.807) is 6.33 Å². The Balaban J connectivity index is 2.10. The molecule has 1 atom stereocenters. The second-order valence-electron chi connectivity index (χ2n) is 5.66. The summed E-state index contributed by atoms with van der Waals surface area (Å²) in [5.74, 6) is 1.07. The van der Waals surface area contributed by atoms with Crippen molar-refractivity contribution in [2.24, 2.45) is 0 Å². The fraction of sp³-hybridized carbons (Fsp3) is 0.733. The number of aromatic nitrogens is 2. The fourth-order valence-corrected chi connectivity index (χ4v) is 2.65. The van der Waals surface area contributed by atoms with Crippen molar-refractivity contribution in [3.05, 3.63) is 18.1 Å².